The van der Waals surface area contributed by atoms with Crippen molar-refractivity contribution >= 4 is 11.2 Å². The van der Waals surface area contributed by atoms with Crippen LogP contribution in [0, 0.1) is 0 Å². The Morgan fingerprint density at radius 1 is 0.935 bits per heavy atom. The third kappa shape index (κ3) is 2.95. The normalized spacial score (nSPS) is 15.1. The molecular formula is C25H21N5O. The van der Waals surface area contributed by atoms with E-state index in [1.54, 1.807) is 12.4 Å². The Kier molecular flexibility index (Phi) is 4.01. The maximum absolute atomic E-state index is 6.51. The zero-order chi connectivity index (χ0) is 20.8. The summed E-state index contributed by atoms with van der Waals surface area (Å²) in [6.45, 7) is 0. The highest BCUT2D eigenvalue weighted by atomic mass is 16.3. The molecule has 3 aromatic heterocycles. The van der Waals surface area contributed by atoms with Gasteiger partial charge in [-0.1, -0.05) is 54.6 Å². The molecule has 6 heteroatoms. The van der Waals surface area contributed by atoms with Gasteiger partial charge in [0.25, 0.3) is 0 Å². The average Bonchev–Trinajstić information content (AvgIpc) is 3.46. The third-order valence-electron chi connectivity index (χ3n) is 6.21. The Balaban J connectivity index is 1.53. The molecule has 1 saturated carbocycles. The number of benzene rings is 2. The molecule has 1 aliphatic carbocycles. The van der Waals surface area contributed by atoms with E-state index in [0.717, 1.165) is 52.2 Å². The molecule has 0 radical (unpaired) electrons. The first-order chi connectivity index (χ1) is 15.2. The Labute approximate surface area is 179 Å². The van der Waals surface area contributed by atoms with Gasteiger partial charge in [0.1, 0.15) is 17.0 Å². The molecule has 2 aromatic carbocycles. The molecule has 0 bridgehead atoms. The van der Waals surface area contributed by atoms with Gasteiger partial charge in [-0.25, -0.2) is 9.97 Å². The molecule has 6 rings (SSSR count). The van der Waals surface area contributed by atoms with E-state index in [9.17, 15) is 0 Å². The fourth-order valence-corrected chi connectivity index (χ4v) is 4.27. The quantitative estimate of drug-likeness (QED) is 0.422. The van der Waals surface area contributed by atoms with Crippen LogP contribution >= 0.6 is 0 Å². The van der Waals surface area contributed by atoms with Crippen LogP contribution in [0.1, 0.15) is 24.8 Å². The van der Waals surface area contributed by atoms with Crippen LogP contribution in [0.5, 0.6) is 0 Å². The van der Waals surface area contributed by atoms with E-state index in [4.69, 9.17) is 15.1 Å². The van der Waals surface area contributed by atoms with E-state index < -0.39 is 0 Å². The lowest BCUT2D eigenvalue weighted by atomic mass is 9.72. The van der Waals surface area contributed by atoms with Crippen LogP contribution in [-0.2, 0) is 5.54 Å². The number of hydrogen-bond donors (Lipinski definition) is 2. The number of fused-ring (bicyclic) bond motifs is 1. The van der Waals surface area contributed by atoms with Crippen molar-refractivity contribution in [3.8, 4) is 33.8 Å². The number of nitrogens with one attached hydrogen (secondary N) is 1. The lowest BCUT2D eigenvalue weighted by molar-refractivity contribution is 0.253. The summed E-state index contributed by atoms with van der Waals surface area (Å²) in [7, 11) is 0. The van der Waals surface area contributed by atoms with Crippen molar-refractivity contribution in [3.63, 3.8) is 0 Å². The first-order valence-electron chi connectivity index (χ1n) is 10.5. The van der Waals surface area contributed by atoms with Crippen molar-refractivity contribution in [2.45, 2.75) is 24.8 Å². The minimum atomic E-state index is -0.184. The second kappa shape index (κ2) is 6.89. The van der Waals surface area contributed by atoms with Gasteiger partial charge in [0.05, 0.1) is 17.5 Å². The molecule has 0 spiro atoms. The highest BCUT2D eigenvalue weighted by molar-refractivity contribution is 5.98. The molecule has 0 atom stereocenters. The monoisotopic (exact) mass is 407 g/mol. The number of aromatic nitrogens is 4. The highest BCUT2D eigenvalue weighted by Gasteiger charge is 2.34. The first-order valence-corrected chi connectivity index (χ1v) is 10.5. The summed E-state index contributed by atoms with van der Waals surface area (Å²) in [5, 5.41) is 6.98. The maximum Gasteiger partial charge on any atom is 0.246 e. The molecule has 3 heterocycles. The molecule has 152 valence electrons. The van der Waals surface area contributed by atoms with Gasteiger partial charge in [0, 0.05) is 17.3 Å². The molecule has 5 aromatic rings. The predicted molar refractivity (Wildman–Crippen MR) is 120 cm³/mol. The molecular weight excluding hydrogens is 386 g/mol. The molecule has 0 amide bonds. The van der Waals surface area contributed by atoms with Crippen LogP contribution in [0.25, 0.3) is 45.1 Å². The Morgan fingerprint density at radius 3 is 2.42 bits per heavy atom. The van der Waals surface area contributed by atoms with E-state index in [1.807, 2.05) is 24.3 Å². The Morgan fingerprint density at radius 2 is 1.74 bits per heavy atom. The standard InChI is InChI=1S/C25H21N5O/c26-25(12-4-13-25)18-9-7-17(8-10-18)23-21(16-5-2-1-3-6-16)22-24(31-23)27-15-20(29-22)19-11-14-28-30-19/h1-3,5-11,14-15H,4,12-13,26H2,(H,28,30). The molecule has 31 heavy (non-hydrogen) atoms. The van der Waals surface area contributed by atoms with Crippen molar-refractivity contribution in [3.05, 3.63) is 78.6 Å². The van der Waals surface area contributed by atoms with Crippen molar-refractivity contribution in [2.24, 2.45) is 5.73 Å². The van der Waals surface area contributed by atoms with Crippen molar-refractivity contribution in [1.29, 1.82) is 0 Å². The molecule has 3 N–H and O–H groups in total. The molecule has 6 nitrogen and oxygen atoms in total. The van der Waals surface area contributed by atoms with E-state index >= 15 is 0 Å². The molecule has 0 aliphatic heterocycles. The number of aromatic amines is 1. The van der Waals surface area contributed by atoms with Crippen LogP contribution in [0.4, 0.5) is 0 Å². The Hall–Kier alpha value is -3.77. The predicted octanol–water partition coefficient (Wildman–Crippen LogP) is 5.28. The second-order valence-electron chi connectivity index (χ2n) is 8.14. The summed E-state index contributed by atoms with van der Waals surface area (Å²) < 4.78 is 6.25. The summed E-state index contributed by atoms with van der Waals surface area (Å²) in [6.07, 6.45) is 6.67. The van der Waals surface area contributed by atoms with Crippen LogP contribution in [-0.4, -0.2) is 20.2 Å². The minimum Gasteiger partial charge on any atom is -0.436 e. The molecule has 0 saturated heterocycles. The zero-order valence-electron chi connectivity index (χ0n) is 16.9. The van der Waals surface area contributed by atoms with E-state index in [0.29, 0.717) is 5.71 Å². The van der Waals surface area contributed by atoms with Gasteiger partial charge in [-0.15, -0.1) is 0 Å². The summed E-state index contributed by atoms with van der Waals surface area (Å²) >= 11 is 0. The Bertz CT molecular complexity index is 1350. The molecule has 1 fully saturated rings. The lowest BCUT2D eigenvalue weighted by Crippen LogP contribution is -2.43. The van der Waals surface area contributed by atoms with Gasteiger partial charge in [-0.05, 0) is 36.5 Å². The average molecular weight is 407 g/mol. The first kappa shape index (κ1) is 18.0. The van der Waals surface area contributed by atoms with Gasteiger partial charge in [-0.3, -0.25) is 5.10 Å². The largest absolute Gasteiger partial charge is 0.436 e. The number of hydrogen-bond acceptors (Lipinski definition) is 5. The summed E-state index contributed by atoms with van der Waals surface area (Å²) in [4.78, 5) is 9.42. The summed E-state index contributed by atoms with van der Waals surface area (Å²) in [5.41, 5.74) is 13.2. The number of rotatable bonds is 4. The van der Waals surface area contributed by atoms with Crippen LogP contribution in [0.3, 0.4) is 0 Å². The topological polar surface area (TPSA) is 93.6 Å². The minimum absolute atomic E-state index is 0.184. The van der Waals surface area contributed by atoms with Crippen LogP contribution in [0.15, 0.2) is 77.5 Å². The molecule has 0 unspecified atom stereocenters. The van der Waals surface area contributed by atoms with Crippen LogP contribution < -0.4 is 5.73 Å². The molecule has 1 aliphatic rings. The smallest absolute Gasteiger partial charge is 0.246 e. The summed E-state index contributed by atoms with van der Waals surface area (Å²) in [5.74, 6) is 0.759. The van der Waals surface area contributed by atoms with Gasteiger partial charge in [0.15, 0.2) is 0 Å². The van der Waals surface area contributed by atoms with Crippen molar-refractivity contribution < 1.29 is 4.42 Å². The van der Waals surface area contributed by atoms with E-state index in [-0.39, 0.29) is 5.54 Å². The van der Waals surface area contributed by atoms with Crippen molar-refractivity contribution in [1.82, 2.24) is 20.2 Å². The number of nitrogens with two attached hydrogens (primary N) is 1. The fraction of sp³-hybridized carbons (Fsp3) is 0.160. The van der Waals surface area contributed by atoms with Gasteiger partial charge >= 0.3 is 0 Å². The zero-order valence-corrected chi connectivity index (χ0v) is 16.9. The number of furan rings is 1. The lowest BCUT2D eigenvalue weighted by Gasteiger charge is -2.38. The van der Waals surface area contributed by atoms with E-state index in [2.05, 4.69) is 51.6 Å². The SMILES string of the molecule is NC1(c2ccc(-c3oc4ncc(-c5ccn[nH]5)nc4c3-c3ccccc3)cc2)CCC1. The number of H-pyrrole nitrogens is 1. The van der Waals surface area contributed by atoms with Crippen LogP contribution in [0.2, 0.25) is 0 Å². The van der Waals surface area contributed by atoms with Gasteiger partial charge in [-0.2, -0.15) is 5.10 Å². The maximum atomic E-state index is 6.51. The summed E-state index contributed by atoms with van der Waals surface area (Å²) in [6, 6.07) is 20.4. The van der Waals surface area contributed by atoms with Crippen molar-refractivity contribution in [2.75, 3.05) is 0 Å². The third-order valence-corrected chi connectivity index (χ3v) is 6.21. The highest BCUT2D eigenvalue weighted by Crippen LogP contribution is 2.42. The second-order valence-corrected chi connectivity index (χ2v) is 8.14. The van der Waals surface area contributed by atoms with E-state index in [1.165, 1.54) is 12.0 Å². The van der Waals surface area contributed by atoms with Gasteiger partial charge < -0.3 is 10.2 Å². The number of nitrogens with zero attached hydrogens (tertiary/aromatic N) is 3. The fourth-order valence-electron chi connectivity index (χ4n) is 4.27. The van der Waals surface area contributed by atoms with Gasteiger partial charge in [0.2, 0.25) is 5.71 Å².